The monoisotopic (exact) mass is 294 g/mol. The first kappa shape index (κ1) is 14.3. The van der Waals surface area contributed by atoms with Gasteiger partial charge in [0.05, 0.1) is 17.7 Å². The molecule has 1 aliphatic heterocycles. The molecule has 0 spiro atoms. The topological polar surface area (TPSA) is 98.5 Å². The lowest BCUT2D eigenvalue weighted by atomic mass is 9.94. The van der Waals surface area contributed by atoms with Crippen LogP contribution in [0.4, 0.5) is 5.69 Å². The van der Waals surface area contributed by atoms with E-state index < -0.39 is 27.2 Å². The number of carboxylic acids is 1. The number of hydrogen-bond acceptors (Lipinski definition) is 4. The van der Waals surface area contributed by atoms with Crippen molar-refractivity contribution in [1.29, 1.82) is 5.26 Å². The largest absolute Gasteiger partial charge is 0.481 e. The van der Waals surface area contributed by atoms with Gasteiger partial charge in [-0.15, -0.1) is 0 Å². The second-order valence-electron chi connectivity index (χ2n) is 4.72. The lowest BCUT2D eigenvalue weighted by molar-refractivity contribution is -0.141. The molecule has 1 heterocycles. The Bertz CT molecular complexity index is 678. The zero-order valence-corrected chi connectivity index (χ0v) is 11.7. The molecule has 106 valence electrons. The fraction of sp³-hybridized carbons (Fsp3) is 0.385. The number of para-hydroxylation sites is 1. The highest BCUT2D eigenvalue weighted by atomic mass is 32.2. The molecule has 2 rings (SSSR count). The molecular weight excluding hydrogens is 280 g/mol. The number of nitrogens with zero attached hydrogens (tertiary/aromatic N) is 2. The van der Waals surface area contributed by atoms with Crippen LogP contribution >= 0.6 is 0 Å². The van der Waals surface area contributed by atoms with E-state index in [0.717, 1.165) is 4.31 Å². The minimum Gasteiger partial charge on any atom is -0.481 e. The van der Waals surface area contributed by atoms with Crippen molar-refractivity contribution in [3.8, 4) is 6.07 Å². The van der Waals surface area contributed by atoms with Crippen molar-refractivity contribution in [2.45, 2.75) is 18.6 Å². The minimum absolute atomic E-state index is 0.138. The van der Waals surface area contributed by atoms with E-state index in [-0.39, 0.29) is 6.54 Å². The number of carboxylic acid groups (broad SMARTS) is 1. The third-order valence-corrected chi connectivity index (χ3v) is 5.36. The molecule has 1 aromatic rings. The first-order chi connectivity index (χ1) is 9.37. The van der Waals surface area contributed by atoms with Crippen LogP contribution in [0, 0.1) is 17.2 Å². The molecule has 1 aromatic carbocycles. The number of rotatable bonds is 3. The fourth-order valence-corrected chi connectivity index (χ4v) is 3.57. The van der Waals surface area contributed by atoms with Gasteiger partial charge in [-0.25, -0.2) is 8.42 Å². The molecule has 2 unspecified atom stereocenters. The number of benzene rings is 1. The molecular formula is C13H14N2O4S. The van der Waals surface area contributed by atoms with Gasteiger partial charge in [0.1, 0.15) is 0 Å². The van der Waals surface area contributed by atoms with Gasteiger partial charge in [-0.05, 0) is 25.0 Å². The van der Waals surface area contributed by atoms with Crippen molar-refractivity contribution in [2.24, 2.45) is 5.92 Å². The van der Waals surface area contributed by atoms with Gasteiger partial charge in [-0.1, -0.05) is 18.2 Å². The third-order valence-electron chi connectivity index (χ3n) is 3.40. The van der Waals surface area contributed by atoms with Gasteiger partial charge in [-0.2, -0.15) is 5.26 Å². The Balaban J connectivity index is 2.53. The number of aliphatic carboxylic acids is 1. The average Bonchev–Trinajstić information content (AvgIpc) is 2.44. The highest BCUT2D eigenvalue weighted by Crippen LogP contribution is 2.32. The Hall–Kier alpha value is -2.07. The fourth-order valence-electron chi connectivity index (χ4n) is 2.22. The van der Waals surface area contributed by atoms with Crippen molar-refractivity contribution in [3.63, 3.8) is 0 Å². The van der Waals surface area contributed by atoms with Crippen LogP contribution in [0.5, 0.6) is 0 Å². The first-order valence-electron chi connectivity index (χ1n) is 6.09. The SMILES string of the molecule is CC(C#N)S(=O)(=O)N1CC(C(=O)O)Cc2ccccc21. The summed E-state index contributed by atoms with van der Waals surface area (Å²) in [7, 11) is -3.88. The Labute approximate surface area is 117 Å². The summed E-state index contributed by atoms with van der Waals surface area (Å²) in [4.78, 5) is 11.2. The lowest BCUT2D eigenvalue weighted by Gasteiger charge is -2.34. The maximum atomic E-state index is 12.4. The van der Waals surface area contributed by atoms with E-state index >= 15 is 0 Å². The molecule has 7 heteroatoms. The van der Waals surface area contributed by atoms with E-state index in [2.05, 4.69) is 0 Å². The summed E-state index contributed by atoms with van der Waals surface area (Å²) in [5.74, 6) is -1.84. The quantitative estimate of drug-likeness (QED) is 0.896. The normalized spacial score (nSPS) is 19.8. The van der Waals surface area contributed by atoms with Gasteiger partial charge in [-0.3, -0.25) is 9.10 Å². The van der Waals surface area contributed by atoms with Crippen molar-refractivity contribution in [2.75, 3.05) is 10.8 Å². The number of anilines is 1. The van der Waals surface area contributed by atoms with Crippen LogP contribution < -0.4 is 4.31 Å². The number of sulfonamides is 1. The van der Waals surface area contributed by atoms with Gasteiger partial charge < -0.3 is 5.11 Å². The van der Waals surface area contributed by atoms with Crippen molar-refractivity contribution < 1.29 is 18.3 Å². The maximum Gasteiger partial charge on any atom is 0.308 e. The Morgan fingerprint density at radius 3 is 2.75 bits per heavy atom. The van der Waals surface area contributed by atoms with E-state index in [1.165, 1.54) is 6.92 Å². The van der Waals surface area contributed by atoms with Crippen LogP contribution in [0.25, 0.3) is 0 Å². The summed E-state index contributed by atoms with van der Waals surface area (Å²) in [5.41, 5.74) is 1.13. The van der Waals surface area contributed by atoms with E-state index in [4.69, 9.17) is 10.4 Å². The zero-order chi connectivity index (χ0) is 14.9. The van der Waals surface area contributed by atoms with Crippen LogP contribution in [0.3, 0.4) is 0 Å². The zero-order valence-electron chi connectivity index (χ0n) is 10.9. The molecule has 0 aliphatic carbocycles. The van der Waals surface area contributed by atoms with Crippen LogP contribution in [0.1, 0.15) is 12.5 Å². The second-order valence-corrected chi connectivity index (χ2v) is 6.89. The molecule has 2 atom stereocenters. The van der Waals surface area contributed by atoms with Gasteiger partial charge in [0.25, 0.3) is 10.0 Å². The van der Waals surface area contributed by atoms with Crippen molar-refractivity contribution >= 4 is 21.7 Å². The summed E-state index contributed by atoms with van der Waals surface area (Å²) < 4.78 is 25.8. The Morgan fingerprint density at radius 1 is 1.50 bits per heavy atom. The summed E-state index contributed by atoms with van der Waals surface area (Å²) in [6.45, 7) is 1.16. The highest BCUT2D eigenvalue weighted by molar-refractivity contribution is 7.93. The smallest absolute Gasteiger partial charge is 0.308 e. The standard InChI is InChI=1S/C13H14N2O4S/c1-9(7-14)20(18,19)15-8-11(13(16)17)6-10-4-2-3-5-12(10)15/h2-5,9,11H,6,8H2,1H3,(H,16,17). The molecule has 0 radical (unpaired) electrons. The molecule has 20 heavy (non-hydrogen) atoms. The van der Waals surface area contributed by atoms with E-state index in [9.17, 15) is 13.2 Å². The average molecular weight is 294 g/mol. The van der Waals surface area contributed by atoms with Crippen LogP contribution in [0.15, 0.2) is 24.3 Å². The van der Waals surface area contributed by atoms with Crippen LogP contribution in [-0.2, 0) is 21.2 Å². The van der Waals surface area contributed by atoms with Crippen molar-refractivity contribution in [1.82, 2.24) is 0 Å². The van der Waals surface area contributed by atoms with E-state index in [1.54, 1.807) is 30.3 Å². The number of fused-ring (bicyclic) bond motifs is 1. The summed E-state index contributed by atoms with van der Waals surface area (Å²) >= 11 is 0. The van der Waals surface area contributed by atoms with Crippen molar-refractivity contribution in [3.05, 3.63) is 29.8 Å². The Morgan fingerprint density at radius 2 is 2.15 bits per heavy atom. The minimum atomic E-state index is -3.88. The summed E-state index contributed by atoms with van der Waals surface area (Å²) in [6, 6.07) is 8.48. The maximum absolute atomic E-state index is 12.4. The summed E-state index contributed by atoms with van der Waals surface area (Å²) in [5, 5.41) is 16.8. The first-order valence-corrected chi connectivity index (χ1v) is 7.60. The molecule has 0 saturated carbocycles. The molecule has 0 saturated heterocycles. The van der Waals surface area contributed by atoms with Crippen LogP contribution in [-0.4, -0.2) is 31.3 Å². The van der Waals surface area contributed by atoms with E-state index in [0.29, 0.717) is 17.7 Å². The molecule has 6 nitrogen and oxygen atoms in total. The van der Waals surface area contributed by atoms with E-state index in [1.807, 2.05) is 0 Å². The number of nitriles is 1. The molecule has 1 N–H and O–H groups in total. The number of carbonyl (C=O) groups is 1. The van der Waals surface area contributed by atoms with Crippen LogP contribution in [0.2, 0.25) is 0 Å². The molecule has 0 bridgehead atoms. The number of hydrogen-bond donors (Lipinski definition) is 1. The lowest BCUT2D eigenvalue weighted by Crippen LogP contribution is -2.45. The molecule has 1 aliphatic rings. The van der Waals surface area contributed by atoms with Gasteiger partial charge in [0.2, 0.25) is 0 Å². The third kappa shape index (κ3) is 2.34. The molecule has 0 aromatic heterocycles. The Kier molecular flexibility index (Phi) is 3.68. The second kappa shape index (κ2) is 5.13. The molecule has 0 amide bonds. The highest BCUT2D eigenvalue weighted by Gasteiger charge is 2.37. The van der Waals surface area contributed by atoms with Gasteiger partial charge in [0, 0.05) is 6.54 Å². The van der Waals surface area contributed by atoms with Gasteiger partial charge in [0.15, 0.2) is 5.25 Å². The summed E-state index contributed by atoms with van der Waals surface area (Å²) in [6.07, 6.45) is 0.290. The van der Waals surface area contributed by atoms with Gasteiger partial charge >= 0.3 is 5.97 Å². The predicted octanol–water partition coefficient (Wildman–Crippen LogP) is 0.992. The molecule has 0 fully saturated rings. The predicted molar refractivity (Wildman–Crippen MR) is 72.6 cm³/mol.